The van der Waals surface area contributed by atoms with Gasteiger partial charge in [0.2, 0.25) is 0 Å². The van der Waals surface area contributed by atoms with Gasteiger partial charge in [0, 0.05) is 25.1 Å². The van der Waals surface area contributed by atoms with Crippen LogP contribution < -0.4 is 9.47 Å². The third kappa shape index (κ3) is 3.95. The molecule has 0 aromatic heterocycles. The highest BCUT2D eigenvalue weighted by Gasteiger charge is 2.33. The van der Waals surface area contributed by atoms with Crippen LogP contribution in [-0.2, 0) is 10.0 Å². The molecule has 1 atom stereocenters. The van der Waals surface area contributed by atoms with Crippen molar-refractivity contribution in [3.8, 4) is 17.2 Å². The minimum absolute atomic E-state index is 0.00602. The monoisotopic (exact) mass is 420 g/mol. The normalized spacial score (nSPS) is 20.9. The minimum Gasteiger partial charge on any atom is -0.495 e. The summed E-state index contributed by atoms with van der Waals surface area (Å²) in [6, 6.07) is 12.9. The molecule has 2 heterocycles. The van der Waals surface area contributed by atoms with Gasteiger partial charge < -0.3 is 14.4 Å². The Hall–Kier alpha value is -2.25. The number of piperidine rings is 1. The second-order valence-electron chi connectivity index (χ2n) is 6.88. The van der Waals surface area contributed by atoms with E-state index in [0.717, 1.165) is 24.9 Å². The fourth-order valence-electron chi connectivity index (χ4n) is 3.64. The molecule has 1 fully saturated rings. The van der Waals surface area contributed by atoms with Crippen molar-refractivity contribution in [2.45, 2.75) is 18.8 Å². The lowest BCUT2D eigenvalue weighted by atomic mass is 9.89. The van der Waals surface area contributed by atoms with Gasteiger partial charge >= 0.3 is 0 Å². The average Bonchev–Trinajstić information content (AvgIpc) is 2.69. The lowest BCUT2D eigenvalue weighted by Crippen LogP contribution is -2.46. The van der Waals surface area contributed by atoms with Crippen molar-refractivity contribution in [1.29, 1.82) is 0 Å². The summed E-state index contributed by atoms with van der Waals surface area (Å²) in [5, 5.41) is 0.523. The number of amidine groups is 1. The summed E-state index contributed by atoms with van der Waals surface area (Å²) >= 11 is 6.04. The molecule has 0 radical (unpaired) electrons. The zero-order valence-electron chi connectivity index (χ0n) is 15.5. The summed E-state index contributed by atoms with van der Waals surface area (Å²) in [6.45, 7) is 1.39. The number of halogens is 1. The molecule has 4 rings (SSSR count). The number of fused-ring (bicyclic) bond motifs is 1. The van der Waals surface area contributed by atoms with Gasteiger partial charge in [-0.05, 0) is 42.7 Å². The van der Waals surface area contributed by atoms with Crippen LogP contribution in [0.15, 0.2) is 46.9 Å². The van der Waals surface area contributed by atoms with E-state index in [0.29, 0.717) is 34.7 Å². The summed E-state index contributed by atoms with van der Waals surface area (Å²) in [5.41, 5.74) is 1.04. The van der Waals surface area contributed by atoms with Crippen LogP contribution in [0, 0.1) is 0 Å². The van der Waals surface area contributed by atoms with E-state index in [1.165, 1.54) is 0 Å². The second kappa shape index (κ2) is 7.64. The predicted molar refractivity (Wildman–Crippen MR) is 109 cm³/mol. The summed E-state index contributed by atoms with van der Waals surface area (Å²) in [7, 11) is -1.80. The van der Waals surface area contributed by atoms with E-state index in [4.69, 9.17) is 21.1 Å². The van der Waals surface area contributed by atoms with E-state index >= 15 is 0 Å². The molecular formula is C20H21ClN2O4S. The van der Waals surface area contributed by atoms with E-state index in [1.54, 1.807) is 25.3 Å². The predicted octanol–water partition coefficient (Wildman–Crippen LogP) is 4.06. The van der Waals surface area contributed by atoms with E-state index in [-0.39, 0.29) is 11.7 Å². The first-order valence-electron chi connectivity index (χ1n) is 9.14. The van der Waals surface area contributed by atoms with Crippen molar-refractivity contribution in [3.63, 3.8) is 0 Å². The fraction of sp³-hybridized carbons (Fsp3) is 0.350. The quantitative estimate of drug-likeness (QED) is 0.746. The Labute approximate surface area is 169 Å². The maximum Gasteiger partial charge on any atom is 0.256 e. The number of sulfonamides is 1. The molecule has 0 spiro atoms. The molecule has 148 valence electrons. The van der Waals surface area contributed by atoms with Gasteiger partial charge in [0.05, 0.1) is 17.9 Å². The highest BCUT2D eigenvalue weighted by atomic mass is 35.5. The fourth-order valence-corrected chi connectivity index (χ4v) is 4.90. The van der Waals surface area contributed by atoms with Gasteiger partial charge in [-0.1, -0.05) is 23.7 Å². The minimum atomic E-state index is -3.35. The van der Waals surface area contributed by atoms with Crippen molar-refractivity contribution < 1.29 is 17.9 Å². The van der Waals surface area contributed by atoms with Crippen molar-refractivity contribution in [2.24, 2.45) is 4.40 Å². The number of ether oxygens (including phenoxy) is 2. The highest BCUT2D eigenvalue weighted by Crippen LogP contribution is 2.34. The van der Waals surface area contributed by atoms with E-state index in [2.05, 4.69) is 9.30 Å². The van der Waals surface area contributed by atoms with Crippen molar-refractivity contribution in [1.82, 2.24) is 4.90 Å². The first-order chi connectivity index (χ1) is 13.4. The molecule has 2 aromatic carbocycles. The lowest BCUT2D eigenvalue weighted by Gasteiger charge is -2.37. The average molecular weight is 421 g/mol. The third-order valence-electron chi connectivity index (χ3n) is 5.05. The summed E-state index contributed by atoms with van der Waals surface area (Å²) < 4.78 is 39.1. The van der Waals surface area contributed by atoms with Crippen LogP contribution >= 0.6 is 11.6 Å². The van der Waals surface area contributed by atoms with Gasteiger partial charge in [0.25, 0.3) is 10.0 Å². The third-order valence-corrected chi connectivity index (χ3v) is 6.52. The van der Waals surface area contributed by atoms with Crippen LogP contribution in [0.4, 0.5) is 0 Å². The van der Waals surface area contributed by atoms with Gasteiger partial charge in [-0.25, -0.2) is 8.42 Å². The molecule has 6 nitrogen and oxygen atoms in total. The Bertz CT molecular complexity index is 1010. The zero-order chi connectivity index (χ0) is 19.7. The number of benzene rings is 2. The smallest absolute Gasteiger partial charge is 0.256 e. The highest BCUT2D eigenvalue weighted by molar-refractivity contribution is 7.90. The Kier molecular flexibility index (Phi) is 5.21. The summed E-state index contributed by atoms with van der Waals surface area (Å²) in [6.07, 6.45) is 1.91. The topological polar surface area (TPSA) is 68.2 Å². The molecule has 2 aliphatic heterocycles. The maximum atomic E-state index is 12.0. The van der Waals surface area contributed by atoms with Crippen LogP contribution in [0.3, 0.4) is 0 Å². The maximum absolute atomic E-state index is 12.0. The van der Waals surface area contributed by atoms with Gasteiger partial charge in [0.15, 0.2) is 0 Å². The van der Waals surface area contributed by atoms with Crippen molar-refractivity contribution >= 4 is 27.5 Å². The van der Waals surface area contributed by atoms with Crippen LogP contribution in [0.5, 0.6) is 17.2 Å². The van der Waals surface area contributed by atoms with Gasteiger partial charge in [-0.15, -0.1) is 4.40 Å². The van der Waals surface area contributed by atoms with Crippen LogP contribution in [0.25, 0.3) is 0 Å². The van der Waals surface area contributed by atoms with Crippen molar-refractivity contribution in [2.75, 3.05) is 26.0 Å². The first-order valence-corrected chi connectivity index (χ1v) is 11.1. The van der Waals surface area contributed by atoms with Gasteiger partial charge in [0.1, 0.15) is 23.1 Å². The number of hydrogen-bond acceptors (Lipinski definition) is 5. The molecule has 2 aliphatic rings. The van der Waals surface area contributed by atoms with E-state index in [9.17, 15) is 8.42 Å². The van der Waals surface area contributed by atoms with E-state index in [1.807, 2.05) is 24.3 Å². The van der Waals surface area contributed by atoms with Gasteiger partial charge in [-0.2, -0.15) is 0 Å². The van der Waals surface area contributed by atoms with E-state index < -0.39 is 10.0 Å². The molecular weight excluding hydrogens is 400 g/mol. The Morgan fingerprint density at radius 3 is 2.61 bits per heavy atom. The number of nitrogens with zero attached hydrogens (tertiary/aromatic N) is 2. The summed E-state index contributed by atoms with van der Waals surface area (Å²) in [4.78, 5) is 2.10. The molecule has 0 saturated carbocycles. The molecule has 0 N–H and O–H groups in total. The number of hydrogen-bond donors (Lipinski definition) is 0. The van der Waals surface area contributed by atoms with Crippen LogP contribution in [0.1, 0.15) is 24.3 Å². The molecule has 28 heavy (non-hydrogen) atoms. The SMILES string of the molecule is COc1cc(Oc2ccc(C3CCCN4CCS(=O)(=O)N=C34)cc2)ccc1Cl. The number of methoxy groups -OCH3 is 1. The second-order valence-corrected chi connectivity index (χ2v) is 9.05. The van der Waals surface area contributed by atoms with Gasteiger partial charge in [-0.3, -0.25) is 0 Å². The van der Waals surface area contributed by atoms with Crippen LogP contribution in [-0.4, -0.2) is 45.1 Å². The van der Waals surface area contributed by atoms with Crippen LogP contribution in [0.2, 0.25) is 5.02 Å². The Balaban J connectivity index is 1.55. The first kappa shape index (κ1) is 19.1. The Morgan fingerprint density at radius 2 is 1.86 bits per heavy atom. The molecule has 0 aliphatic carbocycles. The molecule has 8 heteroatoms. The molecule has 0 bridgehead atoms. The standard InChI is InChI=1S/C20H21ClN2O4S/c1-26-19-13-16(8-9-18(19)21)27-15-6-4-14(5-7-15)17-3-2-10-23-11-12-28(24,25)22-20(17)23/h4-9,13,17H,2-3,10-12H2,1H3. The molecule has 0 amide bonds. The largest absolute Gasteiger partial charge is 0.495 e. The lowest BCUT2D eigenvalue weighted by molar-refractivity contribution is 0.366. The number of rotatable bonds is 4. The van der Waals surface area contributed by atoms with Crippen molar-refractivity contribution in [3.05, 3.63) is 53.1 Å². The Morgan fingerprint density at radius 1 is 1.11 bits per heavy atom. The molecule has 1 saturated heterocycles. The zero-order valence-corrected chi connectivity index (χ0v) is 17.0. The molecule has 1 unspecified atom stereocenters. The summed E-state index contributed by atoms with van der Waals surface area (Å²) in [5.74, 6) is 2.62. The molecule has 2 aromatic rings.